The van der Waals surface area contributed by atoms with Crippen molar-refractivity contribution < 1.29 is 14.5 Å². The molecule has 1 rings (SSSR count). The Balaban J connectivity index is 2.96. The first-order valence-corrected chi connectivity index (χ1v) is 6.48. The summed E-state index contributed by atoms with van der Waals surface area (Å²) < 4.78 is 5.04. The van der Waals surface area contributed by atoms with Crippen molar-refractivity contribution >= 4 is 23.2 Å². The Labute approximate surface area is 122 Å². The molecule has 6 nitrogen and oxygen atoms in total. The van der Waals surface area contributed by atoms with Gasteiger partial charge in [-0.2, -0.15) is 0 Å². The molecule has 1 aromatic rings. The summed E-state index contributed by atoms with van der Waals surface area (Å²) in [5, 5.41) is 13.7. The molecular weight excluding hydrogens is 284 g/mol. The van der Waals surface area contributed by atoms with Crippen molar-refractivity contribution in [2.45, 2.75) is 19.9 Å². The number of rotatable bonds is 6. The largest absolute Gasteiger partial charge is 0.383 e. The van der Waals surface area contributed by atoms with E-state index in [9.17, 15) is 14.9 Å². The summed E-state index contributed by atoms with van der Waals surface area (Å²) in [6, 6.07) is 3.58. The van der Waals surface area contributed by atoms with E-state index < -0.39 is 10.8 Å². The number of nitro benzene ring substituents is 1. The number of hydrogen-bond donors (Lipinski definition) is 1. The molecule has 0 radical (unpaired) electrons. The van der Waals surface area contributed by atoms with Gasteiger partial charge in [-0.15, -0.1) is 0 Å². The van der Waals surface area contributed by atoms with Crippen LogP contribution in [-0.2, 0) is 4.74 Å². The van der Waals surface area contributed by atoms with E-state index in [2.05, 4.69) is 5.32 Å². The molecule has 0 heterocycles. The van der Waals surface area contributed by atoms with E-state index in [1.54, 1.807) is 7.11 Å². The van der Waals surface area contributed by atoms with Gasteiger partial charge >= 0.3 is 0 Å². The number of halogens is 1. The SMILES string of the molecule is COCC(NC(=O)c1cc([N+](=O)[O-])ccc1Cl)C(C)C. The first kappa shape index (κ1) is 16.4. The molecule has 20 heavy (non-hydrogen) atoms. The quantitative estimate of drug-likeness (QED) is 0.647. The fourth-order valence-electron chi connectivity index (χ4n) is 1.63. The van der Waals surface area contributed by atoms with Crippen molar-refractivity contribution in [3.8, 4) is 0 Å². The minimum absolute atomic E-state index is 0.0858. The lowest BCUT2D eigenvalue weighted by molar-refractivity contribution is -0.384. The summed E-state index contributed by atoms with van der Waals surface area (Å²) in [5.41, 5.74) is -0.0880. The maximum Gasteiger partial charge on any atom is 0.270 e. The van der Waals surface area contributed by atoms with Crippen LogP contribution in [-0.4, -0.2) is 30.6 Å². The van der Waals surface area contributed by atoms with Gasteiger partial charge < -0.3 is 10.1 Å². The molecule has 1 amide bonds. The van der Waals surface area contributed by atoms with Gasteiger partial charge in [0.05, 0.1) is 28.2 Å². The van der Waals surface area contributed by atoms with Crippen LogP contribution in [0.2, 0.25) is 5.02 Å². The molecule has 0 aromatic heterocycles. The van der Waals surface area contributed by atoms with E-state index in [0.29, 0.717) is 6.61 Å². The van der Waals surface area contributed by atoms with Crippen LogP contribution in [0.25, 0.3) is 0 Å². The van der Waals surface area contributed by atoms with Crippen LogP contribution in [0.4, 0.5) is 5.69 Å². The molecule has 0 fully saturated rings. The Morgan fingerprint density at radius 1 is 1.50 bits per heavy atom. The number of carbonyl (C=O) groups excluding carboxylic acids is 1. The van der Waals surface area contributed by atoms with Gasteiger partial charge in [0.15, 0.2) is 0 Å². The Morgan fingerprint density at radius 2 is 2.15 bits per heavy atom. The Kier molecular flexibility index (Phi) is 5.91. The number of amides is 1. The number of methoxy groups -OCH3 is 1. The number of nitrogens with zero attached hydrogens (tertiary/aromatic N) is 1. The third kappa shape index (κ3) is 4.18. The maximum atomic E-state index is 12.2. The number of nitrogens with one attached hydrogen (secondary N) is 1. The van der Waals surface area contributed by atoms with E-state index in [1.807, 2.05) is 13.8 Å². The molecule has 1 aromatic carbocycles. The van der Waals surface area contributed by atoms with Gasteiger partial charge in [0.2, 0.25) is 0 Å². The highest BCUT2D eigenvalue weighted by Crippen LogP contribution is 2.22. The average Bonchev–Trinajstić information content (AvgIpc) is 2.38. The Morgan fingerprint density at radius 3 is 2.65 bits per heavy atom. The average molecular weight is 301 g/mol. The highest BCUT2D eigenvalue weighted by Gasteiger charge is 2.20. The molecule has 110 valence electrons. The summed E-state index contributed by atoms with van der Waals surface area (Å²) >= 11 is 5.92. The second kappa shape index (κ2) is 7.21. The monoisotopic (exact) mass is 300 g/mol. The van der Waals surface area contributed by atoms with E-state index in [4.69, 9.17) is 16.3 Å². The number of carbonyl (C=O) groups is 1. The van der Waals surface area contributed by atoms with Crippen LogP contribution < -0.4 is 5.32 Å². The van der Waals surface area contributed by atoms with Gasteiger partial charge in [-0.3, -0.25) is 14.9 Å². The summed E-state index contributed by atoms with van der Waals surface area (Å²) in [6.45, 7) is 4.24. The molecule has 0 spiro atoms. The molecule has 0 aliphatic heterocycles. The fourth-order valence-corrected chi connectivity index (χ4v) is 1.83. The van der Waals surface area contributed by atoms with Gasteiger partial charge in [-0.25, -0.2) is 0 Å². The highest BCUT2D eigenvalue weighted by molar-refractivity contribution is 6.33. The second-order valence-electron chi connectivity index (χ2n) is 4.70. The van der Waals surface area contributed by atoms with E-state index in [0.717, 1.165) is 0 Å². The van der Waals surface area contributed by atoms with Gasteiger partial charge in [-0.1, -0.05) is 25.4 Å². The van der Waals surface area contributed by atoms with E-state index >= 15 is 0 Å². The number of hydrogen-bond acceptors (Lipinski definition) is 4. The summed E-state index contributed by atoms with van der Waals surface area (Å²) in [6.07, 6.45) is 0. The van der Waals surface area contributed by atoms with Crippen molar-refractivity contribution in [3.05, 3.63) is 38.9 Å². The van der Waals surface area contributed by atoms with Crippen LogP contribution in [0, 0.1) is 16.0 Å². The van der Waals surface area contributed by atoms with Crippen molar-refractivity contribution in [1.29, 1.82) is 0 Å². The topological polar surface area (TPSA) is 81.5 Å². The minimum atomic E-state index is -0.567. The third-order valence-corrected chi connectivity index (χ3v) is 3.20. The molecule has 1 N–H and O–H groups in total. The van der Waals surface area contributed by atoms with Gasteiger partial charge in [0.1, 0.15) is 0 Å². The van der Waals surface area contributed by atoms with Gasteiger partial charge in [0.25, 0.3) is 11.6 Å². The first-order chi connectivity index (χ1) is 9.36. The third-order valence-electron chi connectivity index (χ3n) is 2.87. The van der Waals surface area contributed by atoms with Gasteiger partial charge in [0, 0.05) is 19.2 Å². The number of benzene rings is 1. The maximum absolute atomic E-state index is 12.2. The van der Waals surface area contributed by atoms with E-state index in [1.165, 1.54) is 18.2 Å². The molecule has 0 aliphatic carbocycles. The van der Waals surface area contributed by atoms with E-state index in [-0.39, 0.29) is 28.2 Å². The van der Waals surface area contributed by atoms with Crippen LogP contribution in [0.5, 0.6) is 0 Å². The standard InChI is InChI=1S/C13H17ClN2O4/c1-8(2)12(7-20-3)15-13(17)10-6-9(16(18)19)4-5-11(10)14/h4-6,8,12H,7H2,1-3H3,(H,15,17). The summed E-state index contributed by atoms with van der Waals surface area (Å²) in [7, 11) is 1.54. The number of non-ortho nitro benzene ring substituents is 1. The summed E-state index contributed by atoms with van der Waals surface area (Å²) in [5.74, 6) is -0.286. The lowest BCUT2D eigenvalue weighted by Crippen LogP contribution is -2.41. The van der Waals surface area contributed by atoms with Crippen LogP contribution >= 0.6 is 11.6 Å². The zero-order valence-electron chi connectivity index (χ0n) is 11.6. The highest BCUT2D eigenvalue weighted by atomic mass is 35.5. The van der Waals surface area contributed by atoms with Crippen LogP contribution in [0.3, 0.4) is 0 Å². The molecule has 0 saturated carbocycles. The zero-order chi connectivity index (χ0) is 15.3. The molecule has 7 heteroatoms. The van der Waals surface area contributed by atoms with Crippen LogP contribution in [0.1, 0.15) is 24.2 Å². The number of ether oxygens (including phenoxy) is 1. The molecule has 0 bridgehead atoms. The molecule has 0 aliphatic rings. The van der Waals surface area contributed by atoms with Crippen molar-refractivity contribution in [1.82, 2.24) is 5.32 Å². The Bertz CT molecular complexity index is 505. The molecule has 1 unspecified atom stereocenters. The van der Waals surface area contributed by atoms with Gasteiger partial charge in [-0.05, 0) is 12.0 Å². The van der Waals surface area contributed by atoms with Crippen LogP contribution in [0.15, 0.2) is 18.2 Å². The predicted molar refractivity (Wildman–Crippen MR) is 76.1 cm³/mol. The fraction of sp³-hybridized carbons (Fsp3) is 0.462. The molecular formula is C13H17ClN2O4. The lowest BCUT2D eigenvalue weighted by atomic mass is 10.0. The smallest absolute Gasteiger partial charge is 0.270 e. The van der Waals surface area contributed by atoms with Crippen molar-refractivity contribution in [2.24, 2.45) is 5.92 Å². The molecule has 1 atom stereocenters. The predicted octanol–water partition coefficient (Wildman–Crippen LogP) is 2.65. The first-order valence-electron chi connectivity index (χ1n) is 6.10. The normalized spacial score (nSPS) is 12.2. The zero-order valence-corrected chi connectivity index (χ0v) is 12.3. The lowest BCUT2D eigenvalue weighted by Gasteiger charge is -2.21. The van der Waals surface area contributed by atoms with Crippen molar-refractivity contribution in [2.75, 3.05) is 13.7 Å². The minimum Gasteiger partial charge on any atom is -0.383 e. The number of nitro groups is 1. The Hall–Kier alpha value is -1.66. The second-order valence-corrected chi connectivity index (χ2v) is 5.11. The summed E-state index contributed by atoms with van der Waals surface area (Å²) in [4.78, 5) is 22.3. The molecule has 0 saturated heterocycles. The van der Waals surface area contributed by atoms with Crippen molar-refractivity contribution in [3.63, 3.8) is 0 Å².